The average molecular weight is 376 g/mol. The smallest absolute Gasteiger partial charge is 0.332 e. The van der Waals surface area contributed by atoms with Gasteiger partial charge >= 0.3 is 5.69 Å². The van der Waals surface area contributed by atoms with Crippen LogP contribution in [0.1, 0.15) is 25.8 Å². The topological polar surface area (TPSA) is 73.8 Å². The molecule has 0 radical (unpaired) electrons. The van der Waals surface area contributed by atoms with Gasteiger partial charge in [0.05, 0.1) is 6.54 Å². The number of fused-ring (bicyclic) bond motifs is 1. The normalized spacial score (nSPS) is 12.5. The van der Waals surface area contributed by atoms with Crippen molar-refractivity contribution in [2.75, 3.05) is 5.32 Å². The van der Waals surface area contributed by atoms with Crippen LogP contribution in [0.4, 0.5) is 5.95 Å². The lowest BCUT2D eigenvalue weighted by Crippen LogP contribution is -2.37. The molecule has 0 saturated heterocycles. The van der Waals surface area contributed by atoms with Crippen molar-refractivity contribution in [3.63, 3.8) is 0 Å². The van der Waals surface area contributed by atoms with Crippen LogP contribution in [0.5, 0.6) is 0 Å². The van der Waals surface area contributed by atoms with E-state index in [-0.39, 0.29) is 11.6 Å². The molecule has 1 aromatic carbocycles. The molecule has 0 aliphatic carbocycles. The highest BCUT2D eigenvalue weighted by molar-refractivity contribution is 6.31. The Hall–Kier alpha value is -2.54. The molecule has 2 heterocycles. The molecule has 0 aliphatic rings. The molecule has 26 heavy (non-hydrogen) atoms. The van der Waals surface area contributed by atoms with Crippen LogP contribution in [0.15, 0.2) is 33.9 Å². The number of hydrogen-bond acceptors (Lipinski definition) is 4. The molecular formula is C18H22ClN5O2. The van der Waals surface area contributed by atoms with E-state index < -0.39 is 5.69 Å². The molecule has 0 saturated carbocycles. The third kappa shape index (κ3) is 3.03. The SMILES string of the molecule is CC[C@@H](C)Nc1nc2c(c(=O)n(C)c(=O)n2C)n1Cc1ccccc1Cl. The maximum Gasteiger partial charge on any atom is 0.332 e. The first-order chi connectivity index (χ1) is 12.3. The summed E-state index contributed by atoms with van der Waals surface area (Å²) in [5.41, 5.74) is 0.827. The average Bonchev–Trinajstić information content (AvgIpc) is 2.98. The lowest BCUT2D eigenvalue weighted by Gasteiger charge is -2.15. The molecule has 0 bridgehead atoms. The Bertz CT molecular complexity index is 1080. The number of nitrogens with one attached hydrogen (secondary N) is 1. The van der Waals surface area contributed by atoms with Crippen LogP contribution in [-0.4, -0.2) is 24.7 Å². The molecule has 0 fully saturated rings. The fourth-order valence-electron chi connectivity index (χ4n) is 2.83. The highest BCUT2D eigenvalue weighted by Gasteiger charge is 2.20. The van der Waals surface area contributed by atoms with Crippen LogP contribution in [0, 0.1) is 0 Å². The molecule has 0 aliphatic heterocycles. The number of aromatic nitrogens is 4. The Labute approximate surface area is 155 Å². The summed E-state index contributed by atoms with van der Waals surface area (Å²) in [6, 6.07) is 7.64. The van der Waals surface area contributed by atoms with Gasteiger partial charge in [0.2, 0.25) is 5.95 Å². The zero-order valence-corrected chi connectivity index (χ0v) is 16.0. The molecular weight excluding hydrogens is 354 g/mol. The number of imidazole rings is 1. The van der Waals surface area contributed by atoms with E-state index in [9.17, 15) is 9.59 Å². The van der Waals surface area contributed by atoms with Crippen LogP contribution in [-0.2, 0) is 20.6 Å². The lowest BCUT2D eigenvalue weighted by atomic mass is 10.2. The second kappa shape index (κ2) is 6.99. The van der Waals surface area contributed by atoms with Gasteiger partial charge in [-0.05, 0) is 25.0 Å². The number of anilines is 1. The van der Waals surface area contributed by atoms with Crippen molar-refractivity contribution < 1.29 is 0 Å². The molecule has 0 amide bonds. The van der Waals surface area contributed by atoms with Crippen molar-refractivity contribution in [1.29, 1.82) is 0 Å². The minimum atomic E-state index is -0.403. The standard InChI is InChI=1S/C18H22ClN5O2/c1-5-11(2)20-17-21-15-14(16(25)23(4)18(26)22(15)3)24(17)10-12-8-6-7-9-13(12)19/h6-9,11H,5,10H2,1-4H3,(H,20,21)/t11-/m1/s1. The predicted molar refractivity (Wildman–Crippen MR) is 104 cm³/mol. The number of halogens is 1. The van der Waals surface area contributed by atoms with Crippen LogP contribution in [0.25, 0.3) is 11.2 Å². The van der Waals surface area contributed by atoms with Crippen LogP contribution in [0.3, 0.4) is 0 Å². The number of benzene rings is 1. The zero-order chi connectivity index (χ0) is 19.0. The van der Waals surface area contributed by atoms with Gasteiger partial charge in [0.1, 0.15) is 0 Å². The Balaban J connectivity index is 2.30. The highest BCUT2D eigenvalue weighted by atomic mass is 35.5. The molecule has 2 aromatic heterocycles. The van der Waals surface area contributed by atoms with Gasteiger partial charge in [-0.2, -0.15) is 4.98 Å². The fraction of sp³-hybridized carbons (Fsp3) is 0.389. The molecule has 7 nitrogen and oxygen atoms in total. The molecule has 0 unspecified atom stereocenters. The van der Waals surface area contributed by atoms with Gasteiger partial charge in [-0.25, -0.2) is 4.79 Å². The van der Waals surface area contributed by atoms with Gasteiger partial charge in [-0.1, -0.05) is 36.7 Å². The minimum absolute atomic E-state index is 0.165. The molecule has 138 valence electrons. The van der Waals surface area contributed by atoms with Crippen molar-refractivity contribution in [1.82, 2.24) is 18.7 Å². The third-order valence-electron chi connectivity index (χ3n) is 4.62. The van der Waals surface area contributed by atoms with E-state index in [1.54, 1.807) is 11.6 Å². The molecule has 3 aromatic rings. The Morgan fingerprint density at radius 2 is 1.88 bits per heavy atom. The number of aryl methyl sites for hydroxylation is 1. The van der Waals surface area contributed by atoms with Crippen LogP contribution in [0.2, 0.25) is 5.02 Å². The van der Waals surface area contributed by atoms with E-state index in [0.29, 0.717) is 28.7 Å². The summed E-state index contributed by atoms with van der Waals surface area (Å²) < 4.78 is 4.28. The summed E-state index contributed by atoms with van der Waals surface area (Å²) in [4.78, 5) is 29.6. The van der Waals surface area contributed by atoms with Crippen LogP contribution < -0.4 is 16.6 Å². The van der Waals surface area contributed by atoms with Crippen LogP contribution >= 0.6 is 11.6 Å². The molecule has 3 rings (SSSR count). The van der Waals surface area contributed by atoms with E-state index in [2.05, 4.69) is 17.2 Å². The fourth-order valence-corrected chi connectivity index (χ4v) is 3.03. The van der Waals surface area contributed by atoms with E-state index in [0.717, 1.165) is 16.6 Å². The zero-order valence-electron chi connectivity index (χ0n) is 15.3. The van der Waals surface area contributed by atoms with Gasteiger partial charge in [0, 0.05) is 25.2 Å². The molecule has 0 spiro atoms. The van der Waals surface area contributed by atoms with Crippen molar-refractivity contribution in [2.24, 2.45) is 14.1 Å². The van der Waals surface area contributed by atoms with Crippen molar-refractivity contribution in [3.05, 3.63) is 55.7 Å². The molecule has 8 heteroatoms. The number of hydrogen-bond donors (Lipinski definition) is 1. The monoisotopic (exact) mass is 375 g/mol. The Morgan fingerprint density at radius 3 is 2.54 bits per heavy atom. The Kier molecular flexibility index (Phi) is 4.91. The first kappa shape index (κ1) is 18.3. The minimum Gasteiger partial charge on any atom is -0.353 e. The van der Waals surface area contributed by atoms with Gasteiger partial charge in [-0.3, -0.25) is 18.5 Å². The summed E-state index contributed by atoms with van der Waals surface area (Å²) in [6.07, 6.45) is 0.895. The number of nitrogens with zero attached hydrogens (tertiary/aromatic N) is 4. The second-order valence-corrected chi connectivity index (χ2v) is 6.85. The molecule has 1 N–H and O–H groups in total. The van der Waals surface area contributed by atoms with Crippen molar-refractivity contribution >= 4 is 28.7 Å². The molecule has 1 atom stereocenters. The van der Waals surface area contributed by atoms with E-state index in [1.807, 2.05) is 31.2 Å². The van der Waals surface area contributed by atoms with Gasteiger partial charge in [0.15, 0.2) is 11.2 Å². The quantitative estimate of drug-likeness (QED) is 0.742. The lowest BCUT2D eigenvalue weighted by molar-refractivity contribution is 0.701. The summed E-state index contributed by atoms with van der Waals surface area (Å²) in [5.74, 6) is 0.549. The summed E-state index contributed by atoms with van der Waals surface area (Å²) >= 11 is 6.31. The summed E-state index contributed by atoms with van der Waals surface area (Å²) in [5, 5.41) is 3.94. The van der Waals surface area contributed by atoms with Gasteiger partial charge < -0.3 is 5.32 Å². The third-order valence-corrected chi connectivity index (χ3v) is 4.99. The number of rotatable bonds is 5. The summed E-state index contributed by atoms with van der Waals surface area (Å²) in [6.45, 7) is 4.48. The second-order valence-electron chi connectivity index (χ2n) is 6.44. The maximum absolute atomic E-state index is 12.8. The largest absolute Gasteiger partial charge is 0.353 e. The van der Waals surface area contributed by atoms with Crippen molar-refractivity contribution in [3.8, 4) is 0 Å². The maximum atomic E-state index is 12.8. The van der Waals surface area contributed by atoms with Gasteiger partial charge in [-0.15, -0.1) is 0 Å². The first-order valence-electron chi connectivity index (χ1n) is 8.51. The van der Waals surface area contributed by atoms with E-state index >= 15 is 0 Å². The van der Waals surface area contributed by atoms with E-state index in [1.165, 1.54) is 11.6 Å². The first-order valence-corrected chi connectivity index (χ1v) is 8.89. The van der Waals surface area contributed by atoms with Gasteiger partial charge in [0.25, 0.3) is 5.56 Å². The van der Waals surface area contributed by atoms with Crippen molar-refractivity contribution in [2.45, 2.75) is 32.9 Å². The van der Waals surface area contributed by atoms with E-state index in [4.69, 9.17) is 11.6 Å². The Morgan fingerprint density at radius 1 is 1.19 bits per heavy atom. The predicted octanol–water partition coefficient (Wildman–Crippen LogP) is 2.35. The highest BCUT2D eigenvalue weighted by Crippen LogP contribution is 2.22. The summed E-state index contributed by atoms with van der Waals surface area (Å²) in [7, 11) is 3.09.